The van der Waals surface area contributed by atoms with Crippen LogP contribution < -0.4 is 15.4 Å². The lowest BCUT2D eigenvalue weighted by Gasteiger charge is -2.25. The minimum Gasteiger partial charge on any atom is -0.478 e. The number of ether oxygens (including phenoxy) is 1. The number of rotatable bonds is 5. The first-order chi connectivity index (χ1) is 10.7. The van der Waals surface area contributed by atoms with Crippen LogP contribution in [0.2, 0.25) is 0 Å². The van der Waals surface area contributed by atoms with Crippen LogP contribution in [0.15, 0.2) is 36.8 Å². The fourth-order valence-electron chi connectivity index (χ4n) is 2.23. The van der Waals surface area contributed by atoms with Gasteiger partial charge in [-0.1, -0.05) is 12.1 Å². The second kappa shape index (κ2) is 6.30. The van der Waals surface area contributed by atoms with Crippen molar-refractivity contribution in [2.45, 2.75) is 18.9 Å². The number of para-hydroxylation sites is 2. The molecule has 0 bridgehead atoms. The van der Waals surface area contributed by atoms with Crippen LogP contribution in [0.25, 0.3) is 0 Å². The zero-order valence-electron chi connectivity index (χ0n) is 11.8. The molecule has 2 heterocycles. The summed E-state index contributed by atoms with van der Waals surface area (Å²) >= 11 is 0. The van der Waals surface area contributed by atoms with Crippen LogP contribution in [-0.4, -0.2) is 34.4 Å². The van der Waals surface area contributed by atoms with E-state index in [9.17, 15) is 9.59 Å². The Kier molecular flexibility index (Phi) is 4.04. The minimum atomic E-state index is -0.804. The molecular weight excluding hydrogens is 284 g/mol. The van der Waals surface area contributed by atoms with E-state index in [0.717, 1.165) is 5.69 Å². The van der Waals surface area contributed by atoms with Crippen molar-refractivity contribution in [2.75, 3.05) is 11.9 Å². The van der Waals surface area contributed by atoms with Crippen molar-refractivity contribution >= 4 is 17.5 Å². The second-order valence-electron chi connectivity index (χ2n) is 4.97. The van der Waals surface area contributed by atoms with E-state index < -0.39 is 6.10 Å². The van der Waals surface area contributed by atoms with Gasteiger partial charge in [-0.25, -0.2) is 4.98 Å². The highest BCUT2D eigenvalue weighted by Gasteiger charge is 2.29. The summed E-state index contributed by atoms with van der Waals surface area (Å²) in [5, 5.41) is 5.50. The second-order valence-corrected chi connectivity index (χ2v) is 4.97. The molecule has 1 atom stereocenters. The first-order valence-electron chi connectivity index (χ1n) is 7.03. The Morgan fingerprint density at radius 3 is 3.05 bits per heavy atom. The van der Waals surface area contributed by atoms with Crippen molar-refractivity contribution < 1.29 is 14.3 Å². The molecule has 0 fully saturated rings. The molecule has 3 N–H and O–H groups in total. The Balaban J connectivity index is 1.50. The molecule has 7 nitrogen and oxygen atoms in total. The van der Waals surface area contributed by atoms with Gasteiger partial charge in [0.1, 0.15) is 5.75 Å². The standard InChI is InChI=1S/C15H16N4O3/c20-14(17-6-5-10-8-16-9-18-10)7-13-15(21)19-11-3-1-2-4-12(11)22-13/h1-4,8-9,13H,5-7H2,(H,16,18)(H,17,20)(H,19,21)/t13-/m0/s1. The number of nitrogens with zero attached hydrogens (tertiary/aromatic N) is 1. The fourth-order valence-corrected chi connectivity index (χ4v) is 2.23. The van der Waals surface area contributed by atoms with Crippen LogP contribution in [0.1, 0.15) is 12.1 Å². The summed E-state index contributed by atoms with van der Waals surface area (Å²) in [5.74, 6) is 0.0545. The Bertz CT molecular complexity index is 669. The van der Waals surface area contributed by atoms with Crippen molar-refractivity contribution in [3.8, 4) is 5.75 Å². The normalized spacial score (nSPS) is 16.4. The van der Waals surface area contributed by atoms with Crippen molar-refractivity contribution in [2.24, 2.45) is 0 Å². The maximum Gasteiger partial charge on any atom is 0.266 e. The molecule has 1 aliphatic rings. The number of nitrogens with one attached hydrogen (secondary N) is 3. The van der Waals surface area contributed by atoms with E-state index in [1.54, 1.807) is 24.7 Å². The third-order valence-electron chi connectivity index (χ3n) is 3.35. The van der Waals surface area contributed by atoms with E-state index in [1.165, 1.54) is 0 Å². The first kappa shape index (κ1) is 14.1. The quantitative estimate of drug-likeness (QED) is 0.763. The molecule has 114 valence electrons. The highest BCUT2D eigenvalue weighted by molar-refractivity contribution is 5.99. The number of carbonyl (C=O) groups excluding carboxylic acids is 2. The van der Waals surface area contributed by atoms with Crippen LogP contribution in [0.3, 0.4) is 0 Å². The zero-order valence-corrected chi connectivity index (χ0v) is 11.8. The van der Waals surface area contributed by atoms with Crippen LogP contribution >= 0.6 is 0 Å². The predicted molar refractivity (Wildman–Crippen MR) is 79.4 cm³/mol. The summed E-state index contributed by atoms with van der Waals surface area (Å²) in [5.41, 5.74) is 1.57. The minimum absolute atomic E-state index is 0.0108. The summed E-state index contributed by atoms with van der Waals surface area (Å²) in [7, 11) is 0. The van der Waals surface area contributed by atoms with Gasteiger partial charge in [0.2, 0.25) is 5.91 Å². The van der Waals surface area contributed by atoms with E-state index >= 15 is 0 Å². The summed E-state index contributed by atoms with van der Waals surface area (Å²) in [6, 6.07) is 7.15. The van der Waals surface area contributed by atoms with Gasteiger partial charge in [-0.2, -0.15) is 0 Å². The van der Waals surface area contributed by atoms with Gasteiger partial charge in [-0.15, -0.1) is 0 Å². The third-order valence-corrected chi connectivity index (χ3v) is 3.35. The molecule has 0 spiro atoms. The molecule has 0 aliphatic carbocycles. The Morgan fingerprint density at radius 1 is 1.36 bits per heavy atom. The Morgan fingerprint density at radius 2 is 2.23 bits per heavy atom. The molecule has 0 radical (unpaired) electrons. The van der Waals surface area contributed by atoms with Gasteiger partial charge in [0.25, 0.3) is 5.91 Å². The number of imidazole rings is 1. The lowest BCUT2D eigenvalue weighted by molar-refractivity contribution is -0.130. The number of hydrogen-bond acceptors (Lipinski definition) is 4. The zero-order chi connectivity index (χ0) is 15.4. The van der Waals surface area contributed by atoms with Crippen molar-refractivity contribution in [3.05, 3.63) is 42.5 Å². The Labute approximate surface area is 127 Å². The van der Waals surface area contributed by atoms with Gasteiger partial charge in [0.05, 0.1) is 18.4 Å². The van der Waals surface area contributed by atoms with Crippen LogP contribution in [0.5, 0.6) is 5.75 Å². The molecule has 0 saturated carbocycles. The van der Waals surface area contributed by atoms with Gasteiger partial charge < -0.3 is 20.4 Å². The highest BCUT2D eigenvalue weighted by atomic mass is 16.5. The van der Waals surface area contributed by atoms with Gasteiger partial charge in [0, 0.05) is 24.9 Å². The number of aromatic amines is 1. The molecule has 22 heavy (non-hydrogen) atoms. The molecule has 1 aromatic carbocycles. The van der Waals surface area contributed by atoms with Gasteiger partial charge >= 0.3 is 0 Å². The van der Waals surface area contributed by atoms with Gasteiger partial charge in [-0.3, -0.25) is 9.59 Å². The largest absolute Gasteiger partial charge is 0.478 e. The SMILES string of the molecule is O=C(C[C@@H]1Oc2ccccc2NC1=O)NCCc1cnc[nH]1. The van der Waals surface area contributed by atoms with Gasteiger partial charge in [-0.05, 0) is 12.1 Å². The predicted octanol–water partition coefficient (Wildman–Crippen LogP) is 0.858. The van der Waals surface area contributed by atoms with E-state index in [2.05, 4.69) is 20.6 Å². The number of fused-ring (bicyclic) bond motifs is 1. The smallest absolute Gasteiger partial charge is 0.266 e. The fraction of sp³-hybridized carbons (Fsp3) is 0.267. The maximum atomic E-state index is 11.9. The topological polar surface area (TPSA) is 96.1 Å². The number of amides is 2. The number of anilines is 1. The van der Waals surface area contributed by atoms with Crippen molar-refractivity contribution in [1.29, 1.82) is 0 Å². The number of hydrogen-bond donors (Lipinski definition) is 3. The number of aromatic nitrogens is 2. The van der Waals surface area contributed by atoms with Crippen LogP contribution in [0, 0.1) is 0 Å². The summed E-state index contributed by atoms with van der Waals surface area (Å²) in [6.45, 7) is 0.478. The van der Waals surface area contributed by atoms with E-state index in [1.807, 2.05) is 12.1 Å². The maximum absolute atomic E-state index is 11.9. The average Bonchev–Trinajstić information content (AvgIpc) is 3.01. The van der Waals surface area contributed by atoms with E-state index in [-0.39, 0.29) is 18.2 Å². The van der Waals surface area contributed by atoms with E-state index in [4.69, 9.17) is 4.74 Å². The lowest BCUT2D eigenvalue weighted by Crippen LogP contribution is -2.41. The van der Waals surface area contributed by atoms with Crippen molar-refractivity contribution in [3.63, 3.8) is 0 Å². The number of carbonyl (C=O) groups is 2. The third kappa shape index (κ3) is 3.25. The van der Waals surface area contributed by atoms with Gasteiger partial charge in [0.15, 0.2) is 6.10 Å². The average molecular weight is 300 g/mol. The molecule has 3 rings (SSSR count). The van der Waals surface area contributed by atoms with Crippen LogP contribution in [-0.2, 0) is 16.0 Å². The molecule has 7 heteroatoms. The summed E-state index contributed by atoms with van der Waals surface area (Å²) < 4.78 is 5.58. The lowest BCUT2D eigenvalue weighted by atomic mass is 10.1. The molecule has 2 amide bonds. The first-order valence-corrected chi connectivity index (χ1v) is 7.03. The monoisotopic (exact) mass is 300 g/mol. The van der Waals surface area contributed by atoms with E-state index in [0.29, 0.717) is 24.4 Å². The number of benzene rings is 1. The molecule has 1 aromatic heterocycles. The Hall–Kier alpha value is -2.83. The molecule has 2 aromatic rings. The molecule has 0 saturated heterocycles. The summed E-state index contributed by atoms with van der Waals surface area (Å²) in [4.78, 5) is 30.7. The van der Waals surface area contributed by atoms with Crippen LogP contribution in [0.4, 0.5) is 5.69 Å². The molecule has 1 aliphatic heterocycles. The summed E-state index contributed by atoms with van der Waals surface area (Å²) in [6.07, 6.45) is 3.15. The molecular formula is C15H16N4O3. The highest BCUT2D eigenvalue weighted by Crippen LogP contribution is 2.29. The number of H-pyrrole nitrogens is 1. The van der Waals surface area contributed by atoms with Crippen molar-refractivity contribution in [1.82, 2.24) is 15.3 Å². The molecule has 0 unspecified atom stereocenters.